The minimum atomic E-state index is -0.00983. The van der Waals surface area contributed by atoms with Crippen LogP contribution in [-0.4, -0.2) is 50.3 Å². The Bertz CT molecular complexity index is 752. The Morgan fingerprint density at radius 1 is 1.11 bits per heavy atom. The first kappa shape index (κ1) is 19.8. The Morgan fingerprint density at radius 2 is 1.85 bits per heavy atom. The molecule has 1 N–H and O–H groups in total. The number of carbonyl (C=O) groups is 1. The maximum absolute atomic E-state index is 12.3. The number of amides is 2. The number of carbonyl (C=O) groups excluding carboxylic acids is 1. The molecule has 1 aliphatic rings. The lowest BCUT2D eigenvalue weighted by Crippen LogP contribution is -2.52. The van der Waals surface area contributed by atoms with Crippen LogP contribution < -0.4 is 15.0 Å². The van der Waals surface area contributed by atoms with Crippen molar-refractivity contribution in [2.75, 3.05) is 44.2 Å². The highest BCUT2D eigenvalue weighted by Crippen LogP contribution is 2.27. The van der Waals surface area contributed by atoms with Gasteiger partial charge in [0, 0.05) is 42.9 Å². The largest absolute Gasteiger partial charge is 0.492 e. The van der Waals surface area contributed by atoms with Gasteiger partial charge in [0.2, 0.25) is 0 Å². The van der Waals surface area contributed by atoms with Gasteiger partial charge in [0.1, 0.15) is 5.75 Å². The van der Waals surface area contributed by atoms with Crippen LogP contribution in [0.5, 0.6) is 5.75 Å². The molecule has 27 heavy (non-hydrogen) atoms. The topological polar surface area (TPSA) is 44.8 Å². The third-order valence-electron chi connectivity index (χ3n) is 4.44. The molecular weight excluding hydrogens is 430 g/mol. The number of rotatable bonds is 6. The maximum Gasteiger partial charge on any atom is 0.317 e. The summed E-state index contributed by atoms with van der Waals surface area (Å²) >= 11 is 9.48. The molecule has 7 heteroatoms. The van der Waals surface area contributed by atoms with E-state index in [2.05, 4.69) is 38.3 Å². The molecule has 2 aromatic rings. The molecule has 1 heterocycles. The molecule has 2 aromatic carbocycles. The van der Waals surface area contributed by atoms with Crippen molar-refractivity contribution in [2.45, 2.75) is 6.42 Å². The predicted octanol–water partition coefficient (Wildman–Crippen LogP) is 4.40. The monoisotopic (exact) mass is 451 g/mol. The highest BCUT2D eigenvalue weighted by molar-refractivity contribution is 9.10. The van der Waals surface area contributed by atoms with Gasteiger partial charge in [-0.05, 0) is 36.8 Å². The quantitative estimate of drug-likeness (QED) is 0.661. The minimum absolute atomic E-state index is 0.00983. The lowest BCUT2D eigenvalue weighted by molar-refractivity contribution is 0.193. The van der Waals surface area contributed by atoms with E-state index in [9.17, 15) is 4.79 Å². The summed E-state index contributed by atoms with van der Waals surface area (Å²) in [5.41, 5.74) is 1.21. The zero-order chi connectivity index (χ0) is 19.1. The number of nitrogens with zero attached hydrogens (tertiary/aromatic N) is 2. The van der Waals surface area contributed by atoms with E-state index in [1.165, 1.54) is 5.69 Å². The van der Waals surface area contributed by atoms with Crippen molar-refractivity contribution in [2.24, 2.45) is 0 Å². The van der Waals surface area contributed by atoms with E-state index in [-0.39, 0.29) is 6.03 Å². The first-order valence-corrected chi connectivity index (χ1v) is 10.2. The standard InChI is InChI=1S/C20H23BrClN3O2/c21-16-7-8-19(18(22)15-16)27-14-4-9-23-20(26)25-12-10-24(11-13-25)17-5-2-1-3-6-17/h1-3,5-8,15H,4,9-14H2,(H,23,26). The summed E-state index contributed by atoms with van der Waals surface area (Å²) in [7, 11) is 0. The summed E-state index contributed by atoms with van der Waals surface area (Å²) in [6.07, 6.45) is 0.724. The molecule has 0 aliphatic carbocycles. The van der Waals surface area contributed by atoms with Crippen molar-refractivity contribution < 1.29 is 9.53 Å². The van der Waals surface area contributed by atoms with Crippen LogP contribution in [0, 0.1) is 0 Å². The van der Waals surface area contributed by atoms with E-state index < -0.39 is 0 Å². The Kier molecular flexibility index (Phi) is 7.24. The summed E-state index contributed by atoms with van der Waals surface area (Å²) < 4.78 is 6.57. The molecule has 0 spiro atoms. The Balaban J connectivity index is 1.33. The molecular formula is C20H23BrClN3O2. The lowest BCUT2D eigenvalue weighted by atomic mass is 10.2. The van der Waals surface area contributed by atoms with Gasteiger partial charge in [-0.1, -0.05) is 45.7 Å². The van der Waals surface area contributed by atoms with Gasteiger partial charge in [-0.25, -0.2) is 4.79 Å². The first-order chi connectivity index (χ1) is 13.1. The van der Waals surface area contributed by atoms with Crippen LogP contribution in [0.3, 0.4) is 0 Å². The lowest BCUT2D eigenvalue weighted by Gasteiger charge is -2.36. The highest BCUT2D eigenvalue weighted by Gasteiger charge is 2.20. The molecule has 1 fully saturated rings. The van der Waals surface area contributed by atoms with Gasteiger partial charge < -0.3 is 19.9 Å². The summed E-state index contributed by atoms with van der Waals surface area (Å²) in [6, 6.07) is 15.8. The van der Waals surface area contributed by atoms with Gasteiger partial charge in [0.05, 0.1) is 11.6 Å². The van der Waals surface area contributed by atoms with Crippen LogP contribution in [0.1, 0.15) is 6.42 Å². The predicted molar refractivity (Wildman–Crippen MR) is 113 cm³/mol. The number of anilines is 1. The van der Waals surface area contributed by atoms with Crippen molar-refractivity contribution in [3.8, 4) is 5.75 Å². The second-order valence-corrected chi connectivity index (χ2v) is 7.64. The smallest absolute Gasteiger partial charge is 0.317 e. The molecule has 0 radical (unpaired) electrons. The molecule has 0 saturated carbocycles. The molecule has 0 bridgehead atoms. The zero-order valence-electron chi connectivity index (χ0n) is 15.0. The third-order valence-corrected chi connectivity index (χ3v) is 5.23. The number of nitrogens with one attached hydrogen (secondary N) is 1. The van der Waals surface area contributed by atoms with Crippen molar-refractivity contribution in [3.63, 3.8) is 0 Å². The second-order valence-electron chi connectivity index (χ2n) is 6.32. The number of para-hydroxylation sites is 1. The molecule has 1 saturated heterocycles. The fourth-order valence-electron chi connectivity index (χ4n) is 2.96. The van der Waals surface area contributed by atoms with Crippen molar-refractivity contribution in [1.82, 2.24) is 10.2 Å². The molecule has 1 aliphatic heterocycles. The molecule has 144 valence electrons. The van der Waals surface area contributed by atoms with Gasteiger partial charge in [-0.2, -0.15) is 0 Å². The van der Waals surface area contributed by atoms with E-state index in [0.717, 1.165) is 37.1 Å². The second kappa shape index (κ2) is 9.85. The Hall–Kier alpha value is -1.92. The number of hydrogen-bond donors (Lipinski definition) is 1. The van der Waals surface area contributed by atoms with Crippen LogP contribution >= 0.6 is 27.5 Å². The first-order valence-electron chi connectivity index (χ1n) is 9.04. The average Bonchev–Trinajstić information content (AvgIpc) is 2.70. The number of benzene rings is 2. The summed E-state index contributed by atoms with van der Waals surface area (Å²) in [6.45, 7) is 4.23. The molecule has 0 aromatic heterocycles. The van der Waals surface area contributed by atoms with Crippen molar-refractivity contribution >= 4 is 39.2 Å². The van der Waals surface area contributed by atoms with Crippen LogP contribution in [0.15, 0.2) is 53.0 Å². The average molecular weight is 453 g/mol. The normalized spacial score (nSPS) is 14.1. The number of urea groups is 1. The number of hydrogen-bond acceptors (Lipinski definition) is 3. The van der Waals surface area contributed by atoms with Crippen LogP contribution in [0.25, 0.3) is 0 Å². The SMILES string of the molecule is O=C(NCCCOc1ccc(Br)cc1Cl)N1CCN(c2ccccc2)CC1. The van der Waals surface area contributed by atoms with Gasteiger partial charge >= 0.3 is 6.03 Å². The van der Waals surface area contributed by atoms with Crippen LogP contribution in [0.4, 0.5) is 10.5 Å². The highest BCUT2D eigenvalue weighted by atomic mass is 79.9. The Labute approximate surface area is 173 Å². The maximum atomic E-state index is 12.3. The third kappa shape index (κ3) is 5.78. The van der Waals surface area contributed by atoms with E-state index in [1.54, 1.807) is 6.07 Å². The van der Waals surface area contributed by atoms with Gasteiger partial charge in [0.15, 0.2) is 0 Å². The summed E-state index contributed by atoms with van der Waals surface area (Å²) in [4.78, 5) is 16.5. The number of piperazine rings is 1. The fourth-order valence-corrected chi connectivity index (χ4v) is 3.69. The van der Waals surface area contributed by atoms with E-state index in [4.69, 9.17) is 16.3 Å². The van der Waals surface area contributed by atoms with Crippen molar-refractivity contribution in [1.29, 1.82) is 0 Å². The van der Waals surface area contributed by atoms with Crippen LogP contribution in [0.2, 0.25) is 5.02 Å². The fraction of sp³-hybridized carbons (Fsp3) is 0.350. The van der Waals surface area contributed by atoms with Gasteiger partial charge in [0.25, 0.3) is 0 Å². The van der Waals surface area contributed by atoms with Crippen LogP contribution in [-0.2, 0) is 0 Å². The number of ether oxygens (including phenoxy) is 1. The van der Waals surface area contributed by atoms with E-state index in [1.807, 2.05) is 35.2 Å². The molecule has 5 nitrogen and oxygen atoms in total. The van der Waals surface area contributed by atoms with E-state index >= 15 is 0 Å². The van der Waals surface area contributed by atoms with E-state index in [0.29, 0.717) is 23.9 Å². The zero-order valence-corrected chi connectivity index (χ0v) is 17.4. The summed E-state index contributed by atoms with van der Waals surface area (Å²) in [5.74, 6) is 0.656. The molecule has 0 atom stereocenters. The number of halogens is 2. The molecule has 2 amide bonds. The molecule has 0 unspecified atom stereocenters. The van der Waals surface area contributed by atoms with Gasteiger partial charge in [-0.3, -0.25) is 0 Å². The Morgan fingerprint density at radius 3 is 2.56 bits per heavy atom. The minimum Gasteiger partial charge on any atom is -0.492 e. The van der Waals surface area contributed by atoms with Crippen molar-refractivity contribution in [3.05, 3.63) is 58.0 Å². The molecule has 3 rings (SSSR count). The summed E-state index contributed by atoms with van der Waals surface area (Å²) in [5, 5.41) is 3.54. The van der Waals surface area contributed by atoms with Gasteiger partial charge in [-0.15, -0.1) is 0 Å².